The van der Waals surface area contributed by atoms with E-state index in [0.29, 0.717) is 29.7 Å². The highest BCUT2D eigenvalue weighted by Gasteiger charge is 2.22. The zero-order valence-electron chi connectivity index (χ0n) is 18.4. The Morgan fingerprint density at radius 1 is 1.20 bits per heavy atom. The molecule has 3 rings (SSSR count). The fraction of sp³-hybridized carbons (Fsp3) is 0.565. The summed E-state index contributed by atoms with van der Waals surface area (Å²) in [5, 5.41) is 11.8. The summed E-state index contributed by atoms with van der Waals surface area (Å²) < 4.78 is 10.7. The van der Waals surface area contributed by atoms with Crippen LogP contribution in [-0.4, -0.2) is 59.7 Å². The smallest absolute Gasteiger partial charge is 0.336 e. The third-order valence-electron chi connectivity index (χ3n) is 5.65. The van der Waals surface area contributed by atoms with Gasteiger partial charge in [-0.1, -0.05) is 6.92 Å². The quantitative estimate of drug-likeness (QED) is 0.549. The van der Waals surface area contributed by atoms with Crippen molar-refractivity contribution in [3.63, 3.8) is 0 Å². The van der Waals surface area contributed by atoms with Gasteiger partial charge in [0.2, 0.25) is 0 Å². The number of aromatic hydroxyl groups is 1. The monoisotopic (exact) mass is 416 g/mol. The average molecular weight is 417 g/mol. The fourth-order valence-corrected chi connectivity index (χ4v) is 3.95. The van der Waals surface area contributed by atoms with Crippen LogP contribution in [0.5, 0.6) is 5.75 Å². The van der Waals surface area contributed by atoms with Gasteiger partial charge >= 0.3 is 11.6 Å². The number of aryl methyl sites for hydroxylation is 2. The van der Waals surface area contributed by atoms with E-state index in [0.717, 1.165) is 43.7 Å². The van der Waals surface area contributed by atoms with Crippen LogP contribution in [0, 0.1) is 6.92 Å². The van der Waals surface area contributed by atoms with Crippen molar-refractivity contribution in [2.24, 2.45) is 0 Å². The molecule has 0 bridgehead atoms. The maximum Gasteiger partial charge on any atom is 0.336 e. The van der Waals surface area contributed by atoms with Crippen molar-refractivity contribution in [2.75, 3.05) is 32.7 Å². The number of likely N-dealkylation sites (N-methyl/N-ethyl adjacent to an activating group) is 1. The number of fused-ring (bicyclic) bond motifs is 1. The molecule has 0 atom stereocenters. The minimum atomic E-state index is -0.426. The molecule has 1 aliphatic heterocycles. The lowest BCUT2D eigenvalue weighted by molar-refractivity contribution is -0.147. The summed E-state index contributed by atoms with van der Waals surface area (Å²) in [6, 6.07) is 3.28. The third kappa shape index (κ3) is 5.21. The zero-order chi connectivity index (χ0) is 21.8. The van der Waals surface area contributed by atoms with Crippen molar-refractivity contribution in [2.45, 2.75) is 53.2 Å². The third-order valence-corrected chi connectivity index (χ3v) is 5.65. The maximum absolute atomic E-state index is 12.0. The Labute approximate surface area is 177 Å². The zero-order valence-corrected chi connectivity index (χ0v) is 18.4. The summed E-state index contributed by atoms with van der Waals surface area (Å²) in [5.41, 5.74) is 2.09. The number of esters is 1. The SMILES string of the molecule is CCN1CCN(Cc2c(O)c(CCC(=O)OC(C)C)cc3c(C)cc(=O)oc23)CC1. The molecular formula is C23H32N2O5. The summed E-state index contributed by atoms with van der Waals surface area (Å²) in [7, 11) is 0. The van der Waals surface area contributed by atoms with Crippen molar-refractivity contribution in [3.05, 3.63) is 39.2 Å². The summed E-state index contributed by atoms with van der Waals surface area (Å²) in [6.45, 7) is 12.9. The number of rotatable bonds is 7. The highest BCUT2D eigenvalue weighted by molar-refractivity contribution is 5.86. The van der Waals surface area contributed by atoms with E-state index in [1.807, 2.05) is 26.8 Å². The molecule has 1 fully saturated rings. The Morgan fingerprint density at radius 2 is 1.87 bits per heavy atom. The maximum atomic E-state index is 12.0. The van der Waals surface area contributed by atoms with E-state index in [4.69, 9.17) is 9.15 Å². The van der Waals surface area contributed by atoms with E-state index >= 15 is 0 Å². The van der Waals surface area contributed by atoms with Crippen molar-refractivity contribution >= 4 is 16.9 Å². The molecule has 0 spiro atoms. The van der Waals surface area contributed by atoms with Crippen LogP contribution in [0.15, 0.2) is 21.3 Å². The summed E-state index contributed by atoms with van der Waals surface area (Å²) in [4.78, 5) is 28.7. The molecule has 164 valence electrons. The predicted molar refractivity (Wildman–Crippen MR) is 116 cm³/mol. The van der Waals surface area contributed by atoms with E-state index < -0.39 is 5.63 Å². The van der Waals surface area contributed by atoms with E-state index in [2.05, 4.69) is 16.7 Å². The van der Waals surface area contributed by atoms with E-state index in [-0.39, 0.29) is 24.2 Å². The number of hydrogen-bond acceptors (Lipinski definition) is 7. The van der Waals surface area contributed by atoms with Crippen molar-refractivity contribution in [3.8, 4) is 5.75 Å². The van der Waals surface area contributed by atoms with Crippen LogP contribution < -0.4 is 5.63 Å². The van der Waals surface area contributed by atoms with Gasteiger partial charge in [0, 0.05) is 50.6 Å². The number of benzene rings is 1. The van der Waals surface area contributed by atoms with Crippen molar-refractivity contribution < 1.29 is 19.1 Å². The first-order chi connectivity index (χ1) is 14.3. The molecule has 0 unspecified atom stereocenters. The van der Waals surface area contributed by atoms with Gasteiger partial charge in [0.1, 0.15) is 11.3 Å². The minimum absolute atomic E-state index is 0.103. The van der Waals surface area contributed by atoms with Crippen molar-refractivity contribution in [1.29, 1.82) is 0 Å². The molecule has 0 radical (unpaired) electrons. The summed E-state index contributed by atoms with van der Waals surface area (Å²) in [5.74, 6) is -0.190. The molecule has 7 heteroatoms. The van der Waals surface area contributed by atoms with Crippen LogP contribution in [0.25, 0.3) is 11.0 Å². The van der Waals surface area contributed by atoms with Gasteiger partial charge < -0.3 is 19.2 Å². The first kappa shape index (κ1) is 22.3. The number of carbonyl (C=O) groups excluding carboxylic acids is 1. The van der Waals surface area contributed by atoms with Crippen LogP contribution >= 0.6 is 0 Å². The largest absolute Gasteiger partial charge is 0.507 e. The second-order valence-corrected chi connectivity index (χ2v) is 8.24. The Bertz CT molecular complexity index is 958. The highest BCUT2D eigenvalue weighted by atomic mass is 16.5. The molecule has 1 aromatic heterocycles. The first-order valence-corrected chi connectivity index (χ1v) is 10.7. The Balaban J connectivity index is 1.93. The van der Waals surface area contributed by atoms with Gasteiger partial charge in [0.25, 0.3) is 0 Å². The van der Waals surface area contributed by atoms with E-state index in [1.54, 1.807) is 0 Å². The molecule has 2 aromatic rings. The number of nitrogens with zero attached hydrogens (tertiary/aromatic N) is 2. The minimum Gasteiger partial charge on any atom is -0.507 e. The van der Waals surface area contributed by atoms with Crippen LogP contribution in [-0.2, 0) is 22.5 Å². The second-order valence-electron chi connectivity index (χ2n) is 8.24. The lowest BCUT2D eigenvalue weighted by Crippen LogP contribution is -2.45. The molecule has 1 aromatic carbocycles. The van der Waals surface area contributed by atoms with Gasteiger partial charge in [-0.05, 0) is 50.9 Å². The fourth-order valence-electron chi connectivity index (χ4n) is 3.95. The summed E-state index contributed by atoms with van der Waals surface area (Å²) in [6.07, 6.45) is 0.376. The van der Waals surface area contributed by atoms with Crippen molar-refractivity contribution in [1.82, 2.24) is 9.80 Å². The van der Waals surface area contributed by atoms with Crippen LogP contribution in [0.3, 0.4) is 0 Å². The highest BCUT2D eigenvalue weighted by Crippen LogP contribution is 2.34. The lowest BCUT2D eigenvalue weighted by atomic mass is 9.98. The molecule has 7 nitrogen and oxygen atoms in total. The Hall–Kier alpha value is -2.38. The molecule has 0 amide bonds. The Morgan fingerprint density at radius 3 is 2.50 bits per heavy atom. The lowest BCUT2D eigenvalue weighted by Gasteiger charge is -2.34. The number of hydrogen-bond donors (Lipinski definition) is 1. The number of piperazine rings is 1. The summed E-state index contributed by atoms with van der Waals surface area (Å²) >= 11 is 0. The van der Waals surface area contributed by atoms with Crippen LogP contribution in [0.4, 0.5) is 0 Å². The van der Waals surface area contributed by atoms with Crippen LogP contribution in [0.2, 0.25) is 0 Å². The van der Waals surface area contributed by atoms with Gasteiger partial charge in [-0.2, -0.15) is 0 Å². The predicted octanol–water partition coefficient (Wildman–Crippen LogP) is 2.83. The van der Waals surface area contributed by atoms with Gasteiger partial charge in [0.05, 0.1) is 11.7 Å². The molecule has 30 heavy (non-hydrogen) atoms. The topological polar surface area (TPSA) is 83.2 Å². The molecule has 1 saturated heterocycles. The number of phenols is 1. The number of carbonyl (C=O) groups is 1. The molecule has 0 saturated carbocycles. The van der Waals surface area contributed by atoms with Gasteiger partial charge in [0.15, 0.2) is 0 Å². The average Bonchev–Trinajstić information content (AvgIpc) is 2.69. The normalized spacial score (nSPS) is 15.8. The number of ether oxygens (including phenoxy) is 1. The van der Waals surface area contributed by atoms with Crippen LogP contribution in [0.1, 0.15) is 43.9 Å². The van der Waals surface area contributed by atoms with Gasteiger partial charge in [-0.15, -0.1) is 0 Å². The standard InChI is InChI=1S/C23H32N2O5/c1-5-24-8-10-25(11-9-24)14-19-22(28)17(6-7-20(26)29-15(2)3)13-18-16(4)12-21(27)30-23(18)19/h12-13,15,28H,5-11,14H2,1-4H3. The molecule has 2 heterocycles. The van der Waals surface area contributed by atoms with Gasteiger partial charge in [-0.25, -0.2) is 4.79 Å². The Kier molecular flexibility index (Phi) is 7.15. The molecule has 1 N–H and O–H groups in total. The second kappa shape index (κ2) is 9.62. The first-order valence-electron chi connectivity index (χ1n) is 10.7. The van der Waals surface area contributed by atoms with E-state index in [1.165, 1.54) is 6.07 Å². The molecule has 1 aliphatic rings. The van der Waals surface area contributed by atoms with E-state index in [9.17, 15) is 14.7 Å². The van der Waals surface area contributed by atoms with Gasteiger partial charge in [-0.3, -0.25) is 9.69 Å². The molecular weight excluding hydrogens is 384 g/mol. The number of phenolic OH excluding ortho intramolecular Hbond substituents is 1. The molecule has 0 aliphatic carbocycles.